The topological polar surface area (TPSA) is 35.2 Å². The van der Waals surface area contributed by atoms with Crippen LogP contribution in [-0.2, 0) is 6.42 Å². The smallest absolute Gasteiger partial charge is 0.119 e. The molecule has 0 saturated heterocycles. The molecule has 0 bridgehead atoms. The lowest BCUT2D eigenvalue weighted by atomic mass is 9.97. The minimum absolute atomic E-state index is 0.0829. The maximum Gasteiger partial charge on any atom is 0.119 e. The molecule has 1 atom stereocenters. The van der Waals surface area contributed by atoms with Gasteiger partial charge in [-0.05, 0) is 61.4 Å². The van der Waals surface area contributed by atoms with Crippen LogP contribution in [0.5, 0.6) is 5.75 Å². The van der Waals surface area contributed by atoms with Gasteiger partial charge < -0.3 is 10.5 Å². The second-order valence-corrected chi connectivity index (χ2v) is 5.96. The maximum atomic E-state index is 6.32. The van der Waals surface area contributed by atoms with Crippen molar-refractivity contribution < 1.29 is 4.74 Å². The predicted octanol–water partition coefficient (Wildman–Crippen LogP) is 4.17. The number of rotatable bonds is 6. The molecule has 1 fully saturated rings. The summed E-state index contributed by atoms with van der Waals surface area (Å²) in [5.41, 5.74) is 10.2. The van der Waals surface area contributed by atoms with Crippen molar-refractivity contribution in [2.75, 3.05) is 0 Å². The lowest BCUT2D eigenvalue weighted by Crippen LogP contribution is -2.11. The second kappa shape index (κ2) is 6.31. The fourth-order valence-corrected chi connectivity index (χ4v) is 2.54. The van der Waals surface area contributed by atoms with E-state index in [4.69, 9.17) is 10.5 Å². The highest BCUT2D eigenvalue weighted by Gasteiger charge is 2.23. The minimum Gasteiger partial charge on any atom is -0.490 e. The van der Waals surface area contributed by atoms with Crippen LogP contribution in [0.1, 0.15) is 42.0 Å². The van der Waals surface area contributed by atoms with Gasteiger partial charge >= 0.3 is 0 Å². The SMILES string of the molecule is Cc1ccccc1CCC(N)c1ccc(OC2CC2)cc1. The molecule has 0 radical (unpaired) electrons. The first-order valence-electron chi connectivity index (χ1n) is 7.79. The lowest BCUT2D eigenvalue weighted by molar-refractivity contribution is 0.303. The summed E-state index contributed by atoms with van der Waals surface area (Å²) in [5, 5.41) is 0. The zero-order valence-electron chi connectivity index (χ0n) is 12.6. The van der Waals surface area contributed by atoms with Gasteiger partial charge in [0, 0.05) is 6.04 Å². The van der Waals surface area contributed by atoms with Gasteiger partial charge in [-0.3, -0.25) is 0 Å². The van der Waals surface area contributed by atoms with Gasteiger partial charge in [0.15, 0.2) is 0 Å². The van der Waals surface area contributed by atoms with E-state index in [9.17, 15) is 0 Å². The number of nitrogens with two attached hydrogens (primary N) is 1. The van der Waals surface area contributed by atoms with Crippen molar-refractivity contribution in [1.29, 1.82) is 0 Å². The summed E-state index contributed by atoms with van der Waals surface area (Å²) >= 11 is 0. The quantitative estimate of drug-likeness (QED) is 0.862. The first kappa shape index (κ1) is 14.2. The summed E-state index contributed by atoms with van der Waals surface area (Å²) in [4.78, 5) is 0. The average Bonchev–Trinajstić information content (AvgIpc) is 3.31. The van der Waals surface area contributed by atoms with E-state index < -0.39 is 0 Å². The summed E-state index contributed by atoms with van der Waals surface area (Å²) in [6.45, 7) is 2.16. The molecule has 21 heavy (non-hydrogen) atoms. The number of benzene rings is 2. The van der Waals surface area contributed by atoms with Crippen molar-refractivity contribution in [2.45, 2.75) is 44.8 Å². The van der Waals surface area contributed by atoms with Gasteiger partial charge in [-0.15, -0.1) is 0 Å². The molecule has 2 N–H and O–H groups in total. The standard InChI is InChI=1S/C19H23NO/c1-14-4-2-3-5-15(14)8-13-19(20)16-6-9-17(10-7-16)21-18-11-12-18/h2-7,9-10,18-19H,8,11-13,20H2,1H3. The van der Waals surface area contributed by atoms with Crippen molar-refractivity contribution in [2.24, 2.45) is 5.73 Å². The molecule has 1 unspecified atom stereocenters. The van der Waals surface area contributed by atoms with Crippen molar-refractivity contribution in [3.63, 3.8) is 0 Å². The molecular formula is C19H23NO. The fourth-order valence-electron chi connectivity index (χ4n) is 2.54. The molecule has 0 amide bonds. The van der Waals surface area contributed by atoms with Crippen LogP contribution in [0.15, 0.2) is 48.5 Å². The normalized spacial score (nSPS) is 15.7. The largest absolute Gasteiger partial charge is 0.490 e. The van der Waals surface area contributed by atoms with Gasteiger partial charge in [0.2, 0.25) is 0 Å². The van der Waals surface area contributed by atoms with E-state index >= 15 is 0 Å². The summed E-state index contributed by atoms with van der Waals surface area (Å²) < 4.78 is 5.76. The summed E-state index contributed by atoms with van der Waals surface area (Å²) in [6.07, 6.45) is 4.82. The third-order valence-corrected chi connectivity index (χ3v) is 4.12. The summed E-state index contributed by atoms with van der Waals surface area (Å²) in [6, 6.07) is 16.9. The Morgan fingerprint density at radius 3 is 2.48 bits per heavy atom. The van der Waals surface area contributed by atoms with Crippen molar-refractivity contribution in [3.05, 3.63) is 65.2 Å². The van der Waals surface area contributed by atoms with Gasteiger partial charge in [0.05, 0.1) is 6.10 Å². The molecule has 2 aromatic rings. The van der Waals surface area contributed by atoms with Gasteiger partial charge in [0.25, 0.3) is 0 Å². The number of ether oxygens (including phenoxy) is 1. The van der Waals surface area contributed by atoms with E-state index in [1.165, 1.54) is 29.5 Å². The van der Waals surface area contributed by atoms with Crippen LogP contribution in [0.3, 0.4) is 0 Å². The van der Waals surface area contributed by atoms with E-state index in [1.54, 1.807) is 0 Å². The van der Waals surface area contributed by atoms with Crippen LogP contribution in [-0.4, -0.2) is 6.10 Å². The predicted molar refractivity (Wildman–Crippen MR) is 86.5 cm³/mol. The molecule has 0 heterocycles. The van der Waals surface area contributed by atoms with Crippen LogP contribution in [0, 0.1) is 6.92 Å². The molecule has 2 heteroatoms. The van der Waals surface area contributed by atoms with Gasteiger partial charge in [-0.25, -0.2) is 0 Å². The molecule has 1 aliphatic carbocycles. The van der Waals surface area contributed by atoms with E-state index in [0.29, 0.717) is 6.10 Å². The molecule has 0 aromatic heterocycles. The van der Waals surface area contributed by atoms with Crippen LogP contribution < -0.4 is 10.5 Å². The van der Waals surface area contributed by atoms with Crippen LogP contribution in [0.25, 0.3) is 0 Å². The van der Waals surface area contributed by atoms with Crippen molar-refractivity contribution >= 4 is 0 Å². The Kier molecular flexibility index (Phi) is 4.26. The minimum atomic E-state index is 0.0829. The van der Waals surface area contributed by atoms with Crippen LogP contribution in [0.2, 0.25) is 0 Å². The molecule has 110 valence electrons. The molecule has 0 aliphatic heterocycles. The number of aryl methyl sites for hydroxylation is 2. The third-order valence-electron chi connectivity index (χ3n) is 4.12. The van der Waals surface area contributed by atoms with E-state index in [-0.39, 0.29) is 6.04 Å². The molecular weight excluding hydrogens is 258 g/mol. The first-order chi connectivity index (χ1) is 10.2. The lowest BCUT2D eigenvalue weighted by Gasteiger charge is -2.14. The number of hydrogen-bond acceptors (Lipinski definition) is 2. The Bertz CT molecular complexity index is 587. The van der Waals surface area contributed by atoms with Gasteiger partial charge in [-0.1, -0.05) is 36.4 Å². The molecule has 3 rings (SSSR count). The van der Waals surface area contributed by atoms with E-state index in [1.807, 2.05) is 12.1 Å². The Balaban J connectivity index is 1.57. The summed E-state index contributed by atoms with van der Waals surface area (Å²) in [7, 11) is 0. The monoisotopic (exact) mass is 281 g/mol. The number of hydrogen-bond donors (Lipinski definition) is 1. The van der Waals surface area contributed by atoms with Crippen LogP contribution in [0.4, 0.5) is 0 Å². The van der Waals surface area contributed by atoms with Crippen molar-refractivity contribution in [1.82, 2.24) is 0 Å². The van der Waals surface area contributed by atoms with E-state index in [2.05, 4.69) is 43.3 Å². The highest BCUT2D eigenvalue weighted by atomic mass is 16.5. The fraction of sp³-hybridized carbons (Fsp3) is 0.368. The van der Waals surface area contributed by atoms with Gasteiger partial charge in [-0.2, -0.15) is 0 Å². The first-order valence-corrected chi connectivity index (χ1v) is 7.79. The Morgan fingerprint density at radius 1 is 1.10 bits per heavy atom. The Morgan fingerprint density at radius 2 is 1.81 bits per heavy atom. The third kappa shape index (κ3) is 3.85. The molecule has 1 saturated carbocycles. The maximum absolute atomic E-state index is 6.32. The van der Waals surface area contributed by atoms with Gasteiger partial charge in [0.1, 0.15) is 5.75 Å². The molecule has 2 aromatic carbocycles. The molecule has 0 spiro atoms. The van der Waals surface area contributed by atoms with Crippen molar-refractivity contribution in [3.8, 4) is 5.75 Å². The second-order valence-electron chi connectivity index (χ2n) is 5.96. The highest BCUT2D eigenvalue weighted by molar-refractivity contribution is 5.30. The highest BCUT2D eigenvalue weighted by Crippen LogP contribution is 2.28. The molecule has 2 nitrogen and oxygen atoms in total. The Hall–Kier alpha value is -1.80. The van der Waals surface area contributed by atoms with Crippen LogP contribution >= 0.6 is 0 Å². The summed E-state index contributed by atoms with van der Waals surface area (Å²) in [5.74, 6) is 0.965. The molecule has 1 aliphatic rings. The average molecular weight is 281 g/mol. The van der Waals surface area contributed by atoms with E-state index in [0.717, 1.165) is 18.6 Å². The zero-order chi connectivity index (χ0) is 14.7. The Labute approximate surface area is 126 Å². The zero-order valence-corrected chi connectivity index (χ0v) is 12.6.